The van der Waals surface area contributed by atoms with Crippen LogP contribution in [0.15, 0.2) is 0 Å². The van der Waals surface area contributed by atoms with Gasteiger partial charge in [-0.15, -0.1) is 0 Å². The molecule has 20 heavy (non-hydrogen) atoms. The first-order valence-corrected chi connectivity index (χ1v) is 8.30. The normalized spacial score (nSPS) is 12.3. The van der Waals surface area contributed by atoms with E-state index < -0.39 is 11.9 Å². The van der Waals surface area contributed by atoms with E-state index in [9.17, 15) is 9.59 Å². The zero-order chi connectivity index (χ0) is 15.2. The molecule has 0 saturated carbocycles. The Morgan fingerprint density at radius 1 is 0.850 bits per heavy atom. The van der Waals surface area contributed by atoms with Crippen molar-refractivity contribution < 1.29 is 14.7 Å². The standard InChI is InChI=1S/C17H32O3/c1-3-4-5-6-7-8-9-10-11-12-13-16(17(19)20)14-15(2)18/h16H,3-14H2,1-2H3,(H,19,20). The number of ketones is 1. The Balaban J connectivity index is 3.41. The maximum Gasteiger partial charge on any atom is 0.306 e. The summed E-state index contributed by atoms with van der Waals surface area (Å²) in [6.07, 6.45) is 13.3. The zero-order valence-electron chi connectivity index (χ0n) is 13.3. The molecule has 1 N–H and O–H groups in total. The zero-order valence-corrected chi connectivity index (χ0v) is 13.3. The highest BCUT2D eigenvalue weighted by Gasteiger charge is 2.18. The van der Waals surface area contributed by atoms with Crippen LogP contribution in [-0.4, -0.2) is 16.9 Å². The summed E-state index contributed by atoms with van der Waals surface area (Å²) in [6, 6.07) is 0. The van der Waals surface area contributed by atoms with Crippen LogP contribution in [0.4, 0.5) is 0 Å². The lowest BCUT2D eigenvalue weighted by molar-refractivity contribution is -0.143. The smallest absolute Gasteiger partial charge is 0.306 e. The minimum Gasteiger partial charge on any atom is -0.481 e. The van der Waals surface area contributed by atoms with Crippen LogP contribution >= 0.6 is 0 Å². The van der Waals surface area contributed by atoms with Crippen molar-refractivity contribution in [3.05, 3.63) is 0 Å². The van der Waals surface area contributed by atoms with Crippen LogP contribution in [-0.2, 0) is 9.59 Å². The van der Waals surface area contributed by atoms with Gasteiger partial charge in [-0.25, -0.2) is 0 Å². The van der Waals surface area contributed by atoms with E-state index in [-0.39, 0.29) is 12.2 Å². The number of carboxylic acid groups (broad SMARTS) is 1. The van der Waals surface area contributed by atoms with Crippen LogP contribution < -0.4 is 0 Å². The van der Waals surface area contributed by atoms with Gasteiger partial charge in [-0.3, -0.25) is 4.79 Å². The van der Waals surface area contributed by atoms with Gasteiger partial charge in [0.1, 0.15) is 5.78 Å². The molecule has 0 aliphatic heterocycles. The molecule has 0 spiro atoms. The molecular formula is C17H32O3. The maximum absolute atomic E-state index is 11.0. The topological polar surface area (TPSA) is 54.4 Å². The quantitative estimate of drug-likeness (QED) is 0.458. The molecule has 0 aliphatic carbocycles. The molecule has 1 atom stereocenters. The third kappa shape index (κ3) is 12.2. The molecule has 0 fully saturated rings. The molecule has 0 aromatic carbocycles. The molecule has 0 aromatic rings. The number of unbranched alkanes of at least 4 members (excludes halogenated alkanes) is 9. The number of Topliss-reactive ketones (excluding diaryl/α,β-unsaturated/α-hetero) is 1. The molecule has 0 amide bonds. The monoisotopic (exact) mass is 284 g/mol. The summed E-state index contributed by atoms with van der Waals surface area (Å²) in [5.41, 5.74) is 0. The van der Waals surface area contributed by atoms with E-state index in [0.29, 0.717) is 6.42 Å². The number of hydrogen-bond donors (Lipinski definition) is 1. The Morgan fingerprint density at radius 2 is 1.30 bits per heavy atom. The van der Waals surface area contributed by atoms with Crippen LogP contribution in [0.1, 0.15) is 90.9 Å². The van der Waals surface area contributed by atoms with Gasteiger partial charge in [0.2, 0.25) is 0 Å². The third-order valence-corrected chi connectivity index (χ3v) is 3.79. The molecule has 0 saturated heterocycles. The molecule has 3 nitrogen and oxygen atoms in total. The van der Waals surface area contributed by atoms with E-state index in [1.54, 1.807) is 0 Å². The summed E-state index contributed by atoms with van der Waals surface area (Å²) >= 11 is 0. The molecule has 0 rings (SSSR count). The first-order chi connectivity index (χ1) is 9.57. The minimum absolute atomic E-state index is 0.0236. The molecule has 0 heterocycles. The Morgan fingerprint density at radius 3 is 1.70 bits per heavy atom. The average molecular weight is 284 g/mol. The lowest BCUT2D eigenvalue weighted by Crippen LogP contribution is -2.16. The van der Waals surface area contributed by atoms with Crippen molar-refractivity contribution in [1.29, 1.82) is 0 Å². The second kappa shape index (κ2) is 13.1. The first-order valence-electron chi connectivity index (χ1n) is 8.30. The van der Waals surface area contributed by atoms with Gasteiger partial charge >= 0.3 is 5.97 Å². The third-order valence-electron chi connectivity index (χ3n) is 3.79. The van der Waals surface area contributed by atoms with E-state index in [2.05, 4.69) is 6.92 Å². The Hall–Kier alpha value is -0.860. The van der Waals surface area contributed by atoms with Gasteiger partial charge in [-0.1, -0.05) is 71.1 Å². The van der Waals surface area contributed by atoms with Crippen molar-refractivity contribution in [2.24, 2.45) is 5.92 Å². The van der Waals surface area contributed by atoms with Crippen molar-refractivity contribution in [2.75, 3.05) is 0 Å². The second-order valence-corrected chi connectivity index (χ2v) is 5.91. The molecule has 1 unspecified atom stereocenters. The predicted molar refractivity (Wildman–Crippen MR) is 82.9 cm³/mol. The fourth-order valence-electron chi connectivity index (χ4n) is 2.54. The fourth-order valence-corrected chi connectivity index (χ4v) is 2.54. The number of carboxylic acids is 1. The van der Waals surface area contributed by atoms with E-state index in [1.165, 1.54) is 58.3 Å². The number of carbonyl (C=O) groups is 2. The van der Waals surface area contributed by atoms with Gasteiger partial charge in [0.25, 0.3) is 0 Å². The van der Waals surface area contributed by atoms with E-state index >= 15 is 0 Å². The predicted octanol–water partition coefficient (Wildman–Crippen LogP) is 4.98. The van der Waals surface area contributed by atoms with E-state index in [4.69, 9.17) is 5.11 Å². The van der Waals surface area contributed by atoms with Gasteiger partial charge < -0.3 is 9.90 Å². The molecule has 0 bridgehead atoms. The van der Waals surface area contributed by atoms with Gasteiger partial charge in [-0.2, -0.15) is 0 Å². The highest BCUT2D eigenvalue weighted by molar-refractivity contribution is 5.81. The van der Waals surface area contributed by atoms with Crippen molar-refractivity contribution >= 4 is 11.8 Å². The molecule has 118 valence electrons. The van der Waals surface area contributed by atoms with Crippen LogP contribution in [0.25, 0.3) is 0 Å². The van der Waals surface area contributed by atoms with Crippen molar-refractivity contribution in [2.45, 2.75) is 90.9 Å². The average Bonchev–Trinajstić information content (AvgIpc) is 2.39. The van der Waals surface area contributed by atoms with Crippen molar-refractivity contribution in [3.63, 3.8) is 0 Å². The molecule has 0 aromatic heterocycles. The molecular weight excluding hydrogens is 252 g/mol. The van der Waals surface area contributed by atoms with Crippen LogP contribution in [0.5, 0.6) is 0 Å². The fraction of sp³-hybridized carbons (Fsp3) is 0.882. The highest BCUT2D eigenvalue weighted by atomic mass is 16.4. The van der Waals surface area contributed by atoms with Gasteiger partial charge in [0, 0.05) is 6.42 Å². The van der Waals surface area contributed by atoms with Gasteiger partial charge in [0.05, 0.1) is 5.92 Å². The first kappa shape index (κ1) is 19.1. The number of hydrogen-bond acceptors (Lipinski definition) is 2. The summed E-state index contributed by atoms with van der Waals surface area (Å²) in [4.78, 5) is 22.0. The summed E-state index contributed by atoms with van der Waals surface area (Å²) in [5.74, 6) is -1.32. The van der Waals surface area contributed by atoms with Crippen LogP contribution in [0, 0.1) is 5.92 Å². The van der Waals surface area contributed by atoms with Crippen molar-refractivity contribution in [1.82, 2.24) is 0 Å². The van der Waals surface area contributed by atoms with Crippen LogP contribution in [0.2, 0.25) is 0 Å². The number of carbonyl (C=O) groups excluding carboxylic acids is 1. The summed E-state index contributed by atoms with van der Waals surface area (Å²) < 4.78 is 0. The Kier molecular flexibility index (Phi) is 12.6. The van der Waals surface area contributed by atoms with Gasteiger partial charge in [-0.05, 0) is 13.3 Å². The maximum atomic E-state index is 11.0. The molecule has 0 radical (unpaired) electrons. The lowest BCUT2D eigenvalue weighted by atomic mass is 9.95. The van der Waals surface area contributed by atoms with E-state index in [0.717, 1.165) is 12.8 Å². The largest absolute Gasteiger partial charge is 0.481 e. The minimum atomic E-state index is -0.823. The Labute approximate surface area is 124 Å². The summed E-state index contributed by atoms with van der Waals surface area (Å²) in [6.45, 7) is 3.70. The van der Waals surface area contributed by atoms with Crippen LogP contribution in [0.3, 0.4) is 0 Å². The molecule has 0 aliphatic rings. The second-order valence-electron chi connectivity index (χ2n) is 5.91. The summed E-state index contributed by atoms with van der Waals surface area (Å²) in [7, 11) is 0. The number of aliphatic carboxylic acids is 1. The van der Waals surface area contributed by atoms with Crippen molar-refractivity contribution in [3.8, 4) is 0 Å². The van der Waals surface area contributed by atoms with Gasteiger partial charge in [0.15, 0.2) is 0 Å². The molecule has 3 heteroatoms. The SMILES string of the molecule is CCCCCCCCCCCCC(CC(C)=O)C(=O)O. The number of rotatable bonds is 14. The Bertz CT molecular complexity index is 261. The highest BCUT2D eigenvalue weighted by Crippen LogP contribution is 2.16. The summed E-state index contributed by atoms with van der Waals surface area (Å²) in [5, 5.41) is 9.01. The lowest BCUT2D eigenvalue weighted by Gasteiger charge is -2.10. The van der Waals surface area contributed by atoms with E-state index in [1.807, 2.05) is 0 Å².